The molecular weight excluding hydrogens is 378 g/mol. The molecule has 0 spiro atoms. The van der Waals surface area contributed by atoms with E-state index < -0.39 is 0 Å². The summed E-state index contributed by atoms with van der Waals surface area (Å²) in [7, 11) is 1.64. The second-order valence-electron chi connectivity index (χ2n) is 5.91. The van der Waals surface area contributed by atoms with E-state index in [1.54, 1.807) is 18.9 Å². The van der Waals surface area contributed by atoms with Crippen LogP contribution in [0.15, 0.2) is 53.4 Å². The van der Waals surface area contributed by atoms with Gasteiger partial charge in [-0.3, -0.25) is 4.79 Å². The molecule has 0 aliphatic rings. The zero-order valence-corrected chi connectivity index (χ0v) is 17.2. The molecule has 2 aromatic carbocycles. The van der Waals surface area contributed by atoms with Gasteiger partial charge in [-0.05, 0) is 43.0 Å². The van der Waals surface area contributed by atoms with Crippen molar-refractivity contribution in [2.45, 2.75) is 24.8 Å². The monoisotopic (exact) mass is 399 g/mol. The molecule has 0 saturated heterocycles. The number of hydrogen-bond acceptors (Lipinski definition) is 6. The average molecular weight is 400 g/mol. The maximum atomic E-state index is 12.3. The summed E-state index contributed by atoms with van der Waals surface area (Å²) in [5.74, 6) is 0.524. The van der Waals surface area contributed by atoms with E-state index in [-0.39, 0.29) is 19.0 Å². The van der Waals surface area contributed by atoms with E-state index in [1.807, 2.05) is 61.7 Å². The maximum absolute atomic E-state index is 12.3. The zero-order valence-electron chi connectivity index (χ0n) is 15.5. The largest absolute Gasteiger partial charge is 0.496 e. The van der Waals surface area contributed by atoms with Gasteiger partial charge in [0, 0.05) is 9.77 Å². The number of aryl methyl sites for hydroxylation is 1. The van der Waals surface area contributed by atoms with Crippen LogP contribution in [-0.2, 0) is 22.6 Å². The quantitative estimate of drug-likeness (QED) is 0.407. The van der Waals surface area contributed by atoms with Crippen LogP contribution in [0.5, 0.6) is 5.75 Å². The molecule has 0 unspecified atom stereocenters. The van der Waals surface area contributed by atoms with Gasteiger partial charge >= 0.3 is 5.97 Å². The van der Waals surface area contributed by atoms with Crippen LogP contribution < -0.4 is 4.74 Å². The van der Waals surface area contributed by atoms with Gasteiger partial charge in [0.1, 0.15) is 17.4 Å². The fourth-order valence-electron chi connectivity index (χ4n) is 2.60. The minimum absolute atomic E-state index is 0.224. The zero-order chi connectivity index (χ0) is 19.2. The van der Waals surface area contributed by atoms with Crippen molar-refractivity contribution in [3.63, 3.8) is 0 Å². The summed E-state index contributed by atoms with van der Waals surface area (Å²) >= 11 is 3.19. The first kappa shape index (κ1) is 19.5. The van der Waals surface area contributed by atoms with Crippen LogP contribution in [0.2, 0.25) is 0 Å². The number of para-hydroxylation sites is 1. The fraction of sp³-hybridized carbons (Fsp3) is 0.238. The number of carbonyl (C=O) groups is 1. The minimum Gasteiger partial charge on any atom is -0.496 e. The van der Waals surface area contributed by atoms with Gasteiger partial charge in [-0.15, -0.1) is 23.1 Å². The molecule has 1 heterocycles. The number of benzene rings is 2. The van der Waals surface area contributed by atoms with Gasteiger partial charge in [0.25, 0.3) is 0 Å². The molecule has 0 bridgehead atoms. The minimum atomic E-state index is -0.248. The van der Waals surface area contributed by atoms with Crippen LogP contribution in [0.4, 0.5) is 0 Å². The first-order valence-electron chi connectivity index (χ1n) is 8.49. The van der Waals surface area contributed by atoms with Gasteiger partial charge in [-0.1, -0.05) is 24.3 Å². The lowest BCUT2D eigenvalue weighted by molar-refractivity contribution is -0.144. The van der Waals surface area contributed by atoms with Crippen molar-refractivity contribution in [3.05, 3.63) is 64.7 Å². The lowest BCUT2D eigenvalue weighted by Gasteiger charge is -2.05. The summed E-state index contributed by atoms with van der Waals surface area (Å²) in [5, 5.41) is 0.848. The molecule has 0 fully saturated rings. The highest BCUT2D eigenvalue weighted by atomic mass is 32.2. The molecule has 3 rings (SSSR count). The smallest absolute Gasteiger partial charge is 0.311 e. The summed E-state index contributed by atoms with van der Waals surface area (Å²) in [6, 6.07) is 15.8. The van der Waals surface area contributed by atoms with Crippen molar-refractivity contribution in [2.24, 2.45) is 0 Å². The van der Waals surface area contributed by atoms with E-state index in [2.05, 4.69) is 4.98 Å². The van der Waals surface area contributed by atoms with Gasteiger partial charge in [-0.2, -0.15) is 0 Å². The summed E-state index contributed by atoms with van der Waals surface area (Å²) in [4.78, 5) is 19.0. The predicted octanol–water partition coefficient (Wildman–Crippen LogP) is 5.13. The molecule has 0 N–H and O–H groups in total. The summed E-state index contributed by atoms with van der Waals surface area (Å²) in [5.41, 5.74) is 2.76. The lowest BCUT2D eigenvalue weighted by Crippen LogP contribution is -2.07. The number of rotatable bonds is 7. The van der Waals surface area contributed by atoms with Gasteiger partial charge < -0.3 is 9.47 Å². The molecule has 140 valence electrons. The third-order valence-electron chi connectivity index (χ3n) is 4.09. The number of hydrogen-bond donors (Lipinski definition) is 0. The Kier molecular flexibility index (Phi) is 6.53. The SMILES string of the molecule is COc1ccccc1-c1nc(C)c(CC(=O)OCc2ccc(SC)cc2)s1. The molecule has 0 atom stereocenters. The Hall–Kier alpha value is -2.31. The highest BCUT2D eigenvalue weighted by Gasteiger charge is 2.16. The third kappa shape index (κ3) is 4.90. The number of carbonyl (C=O) groups excluding carboxylic acids is 1. The fourth-order valence-corrected chi connectivity index (χ4v) is 4.08. The molecule has 0 aliphatic carbocycles. The number of ether oxygens (including phenoxy) is 2. The van der Waals surface area contributed by atoms with Crippen LogP contribution >= 0.6 is 23.1 Å². The first-order chi connectivity index (χ1) is 13.1. The van der Waals surface area contributed by atoms with Crippen molar-refractivity contribution in [2.75, 3.05) is 13.4 Å². The molecule has 3 aromatic rings. The van der Waals surface area contributed by atoms with E-state index in [1.165, 1.54) is 16.2 Å². The number of thiazole rings is 1. The number of nitrogens with zero attached hydrogens (tertiary/aromatic N) is 1. The Bertz CT molecular complexity index is 919. The van der Waals surface area contributed by atoms with Crippen molar-refractivity contribution >= 4 is 29.1 Å². The van der Waals surface area contributed by atoms with Crippen molar-refractivity contribution in [1.82, 2.24) is 4.98 Å². The van der Waals surface area contributed by atoms with Crippen molar-refractivity contribution in [1.29, 1.82) is 0 Å². The van der Waals surface area contributed by atoms with E-state index >= 15 is 0 Å². The van der Waals surface area contributed by atoms with Gasteiger partial charge in [0.2, 0.25) is 0 Å². The Balaban J connectivity index is 1.65. The molecule has 6 heteroatoms. The lowest BCUT2D eigenvalue weighted by atomic mass is 10.2. The Morgan fingerprint density at radius 3 is 2.59 bits per heavy atom. The van der Waals surface area contributed by atoms with E-state index in [0.717, 1.165) is 32.5 Å². The normalized spacial score (nSPS) is 10.6. The Labute approximate surface area is 167 Å². The number of thioether (sulfide) groups is 1. The van der Waals surface area contributed by atoms with Crippen molar-refractivity contribution in [3.8, 4) is 16.3 Å². The van der Waals surface area contributed by atoms with Gasteiger partial charge in [-0.25, -0.2) is 4.98 Å². The second-order valence-corrected chi connectivity index (χ2v) is 7.88. The maximum Gasteiger partial charge on any atom is 0.311 e. The molecule has 4 nitrogen and oxygen atoms in total. The molecule has 0 radical (unpaired) electrons. The highest BCUT2D eigenvalue weighted by molar-refractivity contribution is 7.98. The first-order valence-corrected chi connectivity index (χ1v) is 10.5. The van der Waals surface area contributed by atoms with Crippen LogP contribution in [0.25, 0.3) is 10.6 Å². The Morgan fingerprint density at radius 2 is 1.89 bits per heavy atom. The molecule has 0 saturated carbocycles. The molecule has 0 amide bonds. The van der Waals surface area contributed by atoms with Crippen molar-refractivity contribution < 1.29 is 14.3 Å². The van der Waals surface area contributed by atoms with E-state index in [0.29, 0.717) is 0 Å². The van der Waals surface area contributed by atoms with Crippen LogP contribution in [0, 0.1) is 6.92 Å². The Morgan fingerprint density at radius 1 is 1.15 bits per heavy atom. The third-order valence-corrected chi connectivity index (χ3v) is 6.03. The second kappa shape index (κ2) is 9.06. The van der Waals surface area contributed by atoms with Gasteiger partial charge in [0.15, 0.2) is 0 Å². The number of esters is 1. The standard InChI is InChI=1S/C21H21NO3S2/c1-14-19(27-21(22-14)17-6-4-5-7-18(17)24-2)12-20(23)25-13-15-8-10-16(26-3)11-9-15/h4-11H,12-13H2,1-3H3. The average Bonchev–Trinajstić information content (AvgIpc) is 3.06. The topological polar surface area (TPSA) is 48.4 Å². The molecule has 27 heavy (non-hydrogen) atoms. The predicted molar refractivity (Wildman–Crippen MR) is 111 cm³/mol. The van der Waals surface area contributed by atoms with Gasteiger partial charge in [0.05, 0.1) is 24.8 Å². The number of aromatic nitrogens is 1. The molecule has 1 aromatic heterocycles. The summed E-state index contributed by atoms with van der Waals surface area (Å²) < 4.78 is 10.8. The van der Waals surface area contributed by atoms with Crippen LogP contribution in [-0.4, -0.2) is 24.3 Å². The number of methoxy groups -OCH3 is 1. The summed E-state index contributed by atoms with van der Waals surface area (Å²) in [6.45, 7) is 2.20. The van der Waals surface area contributed by atoms with E-state index in [9.17, 15) is 4.79 Å². The van der Waals surface area contributed by atoms with E-state index in [4.69, 9.17) is 9.47 Å². The summed E-state index contributed by atoms with van der Waals surface area (Å²) in [6.07, 6.45) is 2.26. The van der Waals surface area contributed by atoms with Crippen LogP contribution in [0.1, 0.15) is 16.1 Å². The molecular formula is C21H21NO3S2. The highest BCUT2D eigenvalue weighted by Crippen LogP contribution is 2.34. The van der Waals surface area contributed by atoms with Crippen LogP contribution in [0.3, 0.4) is 0 Å². The molecule has 0 aliphatic heterocycles.